The molecule has 1 fully saturated rings. The van der Waals surface area contributed by atoms with E-state index in [4.69, 9.17) is 14.6 Å². The molecular weight excluding hydrogens is 456 g/mol. The number of carbonyl (C=O) groups is 1. The quantitative estimate of drug-likeness (QED) is 0.548. The lowest BCUT2D eigenvalue weighted by Crippen LogP contribution is -2.43. The van der Waals surface area contributed by atoms with E-state index in [1.165, 1.54) is 5.56 Å². The van der Waals surface area contributed by atoms with Crippen LogP contribution in [0.2, 0.25) is 0 Å². The van der Waals surface area contributed by atoms with E-state index < -0.39 is 6.10 Å². The highest BCUT2D eigenvalue weighted by Crippen LogP contribution is 2.27. The number of piperidine rings is 1. The first-order chi connectivity index (χ1) is 17.5. The molecule has 1 N–H and O–H groups in total. The third kappa shape index (κ3) is 5.24. The van der Waals surface area contributed by atoms with Crippen molar-refractivity contribution in [2.75, 3.05) is 33.9 Å². The Morgan fingerprint density at radius 1 is 1.03 bits per heavy atom. The van der Waals surface area contributed by atoms with E-state index in [1.807, 2.05) is 35.0 Å². The van der Waals surface area contributed by atoms with Gasteiger partial charge in [0.2, 0.25) is 0 Å². The summed E-state index contributed by atoms with van der Waals surface area (Å²) in [5.41, 5.74) is 4.87. The molecule has 1 amide bonds. The fraction of sp³-hybridized carbons (Fsp3) is 0.429. The van der Waals surface area contributed by atoms with Crippen LogP contribution in [-0.2, 0) is 26.1 Å². The zero-order chi connectivity index (χ0) is 25.1. The molecular formula is C28H34N4O4. The van der Waals surface area contributed by atoms with Gasteiger partial charge in [0, 0.05) is 50.4 Å². The Kier molecular flexibility index (Phi) is 7.25. The van der Waals surface area contributed by atoms with E-state index in [-0.39, 0.29) is 5.91 Å². The molecule has 1 unspecified atom stereocenters. The minimum atomic E-state index is -0.470. The van der Waals surface area contributed by atoms with Crippen molar-refractivity contribution in [2.45, 2.75) is 45.0 Å². The molecule has 8 heteroatoms. The number of β-amino-alcohol motifs (C(OH)–C–C–N with tert-alkyl or cyclic N) is 1. The average Bonchev–Trinajstić information content (AvgIpc) is 3.25. The van der Waals surface area contributed by atoms with Crippen LogP contribution in [0.3, 0.4) is 0 Å². The zero-order valence-corrected chi connectivity index (χ0v) is 21.0. The molecule has 2 aliphatic rings. The van der Waals surface area contributed by atoms with E-state index in [0.29, 0.717) is 31.9 Å². The first-order valence-corrected chi connectivity index (χ1v) is 12.6. The first-order valence-electron chi connectivity index (χ1n) is 12.6. The maximum atomic E-state index is 13.6. The van der Waals surface area contributed by atoms with Gasteiger partial charge in [-0.05, 0) is 48.2 Å². The minimum absolute atomic E-state index is 0.0855. The van der Waals surface area contributed by atoms with Gasteiger partial charge in [-0.3, -0.25) is 14.4 Å². The van der Waals surface area contributed by atoms with Crippen LogP contribution < -0.4 is 9.47 Å². The predicted molar refractivity (Wildman–Crippen MR) is 136 cm³/mol. The molecule has 1 saturated heterocycles. The number of aliphatic hydroxyl groups excluding tert-OH is 1. The van der Waals surface area contributed by atoms with Crippen molar-refractivity contribution in [3.05, 3.63) is 76.6 Å². The van der Waals surface area contributed by atoms with Crippen molar-refractivity contribution in [1.82, 2.24) is 19.6 Å². The van der Waals surface area contributed by atoms with Gasteiger partial charge in [0.1, 0.15) is 11.5 Å². The molecule has 3 aromatic rings. The monoisotopic (exact) mass is 490 g/mol. The summed E-state index contributed by atoms with van der Waals surface area (Å²) < 4.78 is 12.8. The lowest BCUT2D eigenvalue weighted by molar-refractivity contribution is 0.0466. The molecule has 190 valence electrons. The summed E-state index contributed by atoms with van der Waals surface area (Å²) in [6, 6.07) is 16.1. The van der Waals surface area contributed by atoms with Gasteiger partial charge in [-0.15, -0.1) is 0 Å². The summed E-state index contributed by atoms with van der Waals surface area (Å²) in [5.74, 6) is 1.56. The Bertz CT molecular complexity index is 1220. The highest BCUT2D eigenvalue weighted by Gasteiger charge is 2.32. The Labute approximate surface area is 212 Å². The topological polar surface area (TPSA) is 80.1 Å². The molecule has 2 aromatic carbocycles. The van der Waals surface area contributed by atoms with Gasteiger partial charge in [-0.25, -0.2) is 0 Å². The van der Waals surface area contributed by atoms with Crippen molar-refractivity contribution < 1.29 is 19.4 Å². The third-order valence-corrected chi connectivity index (χ3v) is 7.11. The van der Waals surface area contributed by atoms with Crippen LogP contribution in [0.1, 0.15) is 45.7 Å². The number of hydrogen-bond acceptors (Lipinski definition) is 6. The van der Waals surface area contributed by atoms with Gasteiger partial charge in [0.15, 0.2) is 5.69 Å². The number of amides is 1. The van der Waals surface area contributed by atoms with Crippen LogP contribution in [0.15, 0.2) is 48.5 Å². The van der Waals surface area contributed by atoms with Gasteiger partial charge in [0.05, 0.1) is 26.9 Å². The average molecular weight is 491 g/mol. The number of aliphatic hydroxyl groups is 1. The van der Waals surface area contributed by atoms with Crippen LogP contribution >= 0.6 is 0 Å². The number of aromatic nitrogens is 2. The fourth-order valence-corrected chi connectivity index (χ4v) is 5.25. The molecule has 5 rings (SSSR count). The lowest BCUT2D eigenvalue weighted by Gasteiger charge is -2.31. The molecule has 2 aliphatic heterocycles. The Morgan fingerprint density at radius 3 is 2.39 bits per heavy atom. The maximum Gasteiger partial charge on any atom is 0.274 e. The Balaban J connectivity index is 1.44. The van der Waals surface area contributed by atoms with Crippen LogP contribution in [0.5, 0.6) is 11.5 Å². The summed E-state index contributed by atoms with van der Waals surface area (Å²) in [6.45, 7) is 3.90. The molecule has 1 atom stereocenters. The Hall–Kier alpha value is -3.36. The molecule has 0 saturated carbocycles. The number of likely N-dealkylation sites (tertiary alicyclic amines) is 1. The minimum Gasteiger partial charge on any atom is -0.497 e. The summed E-state index contributed by atoms with van der Waals surface area (Å²) in [7, 11) is 3.34. The first kappa shape index (κ1) is 24.3. The van der Waals surface area contributed by atoms with E-state index >= 15 is 0 Å². The summed E-state index contributed by atoms with van der Waals surface area (Å²) in [4.78, 5) is 17.7. The van der Waals surface area contributed by atoms with Crippen LogP contribution in [-0.4, -0.2) is 70.6 Å². The van der Waals surface area contributed by atoms with Crippen molar-refractivity contribution in [3.63, 3.8) is 0 Å². The van der Waals surface area contributed by atoms with Crippen LogP contribution in [0.25, 0.3) is 0 Å². The second-order valence-electron chi connectivity index (χ2n) is 9.64. The zero-order valence-electron chi connectivity index (χ0n) is 21.0. The number of nitrogens with zero attached hydrogens (tertiary/aromatic N) is 4. The maximum absolute atomic E-state index is 13.6. The van der Waals surface area contributed by atoms with E-state index in [1.54, 1.807) is 19.1 Å². The van der Waals surface area contributed by atoms with Gasteiger partial charge >= 0.3 is 0 Å². The normalized spacial score (nSPS) is 18.1. The van der Waals surface area contributed by atoms with Crippen molar-refractivity contribution in [3.8, 4) is 11.5 Å². The fourth-order valence-electron chi connectivity index (χ4n) is 5.25. The number of carbonyl (C=O) groups excluding carboxylic acids is 1. The summed E-state index contributed by atoms with van der Waals surface area (Å²) in [6.07, 6.45) is 1.88. The highest BCUT2D eigenvalue weighted by molar-refractivity contribution is 5.94. The van der Waals surface area contributed by atoms with Gasteiger partial charge in [-0.1, -0.05) is 24.3 Å². The van der Waals surface area contributed by atoms with Gasteiger partial charge in [-0.2, -0.15) is 5.10 Å². The number of rotatable bonds is 7. The molecule has 1 aromatic heterocycles. The number of ether oxygens (including phenoxy) is 2. The standard InChI is InChI=1S/C28H34N4O4/c1-35-23-9-3-6-20(14-23)16-30-13-11-26-25(19-30)27(28(34)31-12-5-8-22(33)18-31)29-32(26)17-21-7-4-10-24(15-21)36-2/h3-4,6-7,9-10,14-15,22,33H,5,8,11-13,16-19H2,1-2H3. The van der Waals surface area contributed by atoms with Crippen LogP contribution in [0, 0.1) is 0 Å². The lowest BCUT2D eigenvalue weighted by atomic mass is 10.0. The van der Waals surface area contributed by atoms with E-state index in [9.17, 15) is 9.90 Å². The van der Waals surface area contributed by atoms with E-state index in [2.05, 4.69) is 23.1 Å². The number of methoxy groups -OCH3 is 2. The predicted octanol–water partition coefficient (Wildman–Crippen LogP) is 3.10. The molecule has 0 aliphatic carbocycles. The number of benzene rings is 2. The second kappa shape index (κ2) is 10.7. The highest BCUT2D eigenvalue weighted by atomic mass is 16.5. The largest absolute Gasteiger partial charge is 0.497 e. The second-order valence-corrected chi connectivity index (χ2v) is 9.64. The Morgan fingerprint density at radius 2 is 1.72 bits per heavy atom. The molecule has 36 heavy (non-hydrogen) atoms. The number of hydrogen-bond donors (Lipinski definition) is 1. The number of fused-ring (bicyclic) bond motifs is 1. The van der Waals surface area contributed by atoms with Gasteiger partial charge < -0.3 is 19.5 Å². The smallest absolute Gasteiger partial charge is 0.274 e. The van der Waals surface area contributed by atoms with Gasteiger partial charge in [0.25, 0.3) is 5.91 Å². The third-order valence-electron chi connectivity index (χ3n) is 7.11. The molecule has 0 radical (unpaired) electrons. The molecule has 0 spiro atoms. The van der Waals surface area contributed by atoms with E-state index in [0.717, 1.165) is 60.7 Å². The SMILES string of the molecule is COc1cccc(CN2CCc3c(c(C(=O)N4CCCC(O)C4)nn3Cc3cccc(OC)c3)C2)c1. The molecule has 3 heterocycles. The van der Waals surface area contributed by atoms with Crippen LogP contribution in [0.4, 0.5) is 0 Å². The molecule has 8 nitrogen and oxygen atoms in total. The molecule has 0 bridgehead atoms. The van der Waals surface area contributed by atoms with Crippen molar-refractivity contribution in [2.24, 2.45) is 0 Å². The van der Waals surface area contributed by atoms with Crippen molar-refractivity contribution >= 4 is 5.91 Å². The summed E-state index contributed by atoms with van der Waals surface area (Å²) >= 11 is 0. The summed E-state index contributed by atoms with van der Waals surface area (Å²) in [5, 5.41) is 15.0. The van der Waals surface area contributed by atoms with Crippen molar-refractivity contribution in [1.29, 1.82) is 0 Å².